The summed E-state index contributed by atoms with van der Waals surface area (Å²) in [5.74, 6) is -12.7. The Hall–Kier alpha value is -2.39. The normalized spacial score (nSPS) is 11.9. The third-order valence-electron chi connectivity index (χ3n) is 2.46. The topological polar surface area (TPSA) is 78.4 Å². The molecular weight excluding hydrogens is 303 g/mol. The maximum atomic E-state index is 13.3. The number of hydrogen-bond acceptors (Lipinski definition) is 2. The molecule has 0 heterocycles. The van der Waals surface area contributed by atoms with Crippen LogP contribution in [0.5, 0.6) is 0 Å². The Morgan fingerprint density at radius 1 is 1.00 bits per heavy atom. The Labute approximate surface area is 114 Å². The molecule has 1 aromatic rings. The molecule has 1 atom stereocenters. The highest BCUT2D eigenvalue weighted by molar-refractivity contribution is 5.92. The summed E-state index contributed by atoms with van der Waals surface area (Å²) in [6.45, 7) is 1.40. The van der Waals surface area contributed by atoms with Gasteiger partial charge < -0.3 is 15.7 Å². The average molecular weight is 312 g/mol. The fraction of sp³-hybridized carbons (Fsp3) is 0.273. The van der Waals surface area contributed by atoms with Crippen LogP contribution in [0.15, 0.2) is 0 Å². The molecule has 2 amide bonds. The summed E-state index contributed by atoms with van der Waals surface area (Å²) < 4.78 is 65.1. The number of hydrogen-bond donors (Lipinski definition) is 3. The molecule has 0 radical (unpaired) electrons. The van der Waals surface area contributed by atoms with Crippen LogP contribution in [0.4, 0.5) is 32.4 Å². The average Bonchev–Trinajstić information content (AvgIpc) is 2.44. The Bertz CT molecular complexity index is 565. The summed E-state index contributed by atoms with van der Waals surface area (Å²) in [6, 6.07) is -2.81. The molecule has 5 nitrogen and oxygen atoms in total. The van der Waals surface area contributed by atoms with E-state index in [2.05, 4.69) is 0 Å². The summed E-state index contributed by atoms with van der Waals surface area (Å²) in [7, 11) is 0. The van der Waals surface area contributed by atoms with Crippen LogP contribution in [0.3, 0.4) is 0 Å². The van der Waals surface area contributed by atoms with Gasteiger partial charge in [-0.3, -0.25) is 0 Å². The van der Waals surface area contributed by atoms with Crippen LogP contribution in [0.2, 0.25) is 0 Å². The van der Waals surface area contributed by atoms with Gasteiger partial charge in [-0.1, -0.05) is 6.92 Å². The van der Waals surface area contributed by atoms with Gasteiger partial charge in [0.2, 0.25) is 5.82 Å². The molecule has 0 saturated carbocycles. The monoisotopic (exact) mass is 312 g/mol. The quantitative estimate of drug-likeness (QED) is 0.454. The van der Waals surface area contributed by atoms with Crippen LogP contribution in [0.1, 0.15) is 13.3 Å². The Morgan fingerprint density at radius 2 is 1.43 bits per heavy atom. The first-order valence-electron chi connectivity index (χ1n) is 5.52. The molecule has 116 valence electrons. The van der Waals surface area contributed by atoms with E-state index in [0.29, 0.717) is 0 Å². The van der Waals surface area contributed by atoms with Gasteiger partial charge in [0.05, 0.1) is 0 Å². The predicted octanol–water partition coefficient (Wildman–Crippen LogP) is 2.37. The van der Waals surface area contributed by atoms with Crippen molar-refractivity contribution in [2.24, 2.45) is 0 Å². The second-order valence-electron chi connectivity index (χ2n) is 3.84. The smallest absolute Gasteiger partial charge is 0.326 e. The third kappa shape index (κ3) is 3.38. The van der Waals surface area contributed by atoms with Gasteiger partial charge in [-0.05, 0) is 6.42 Å². The van der Waals surface area contributed by atoms with Crippen LogP contribution in [0.25, 0.3) is 0 Å². The highest BCUT2D eigenvalue weighted by Crippen LogP contribution is 2.26. The van der Waals surface area contributed by atoms with Crippen molar-refractivity contribution in [2.45, 2.75) is 19.4 Å². The lowest BCUT2D eigenvalue weighted by molar-refractivity contribution is -0.139. The molecule has 1 rings (SSSR count). The van der Waals surface area contributed by atoms with Gasteiger partial charge in [-0.2, -0.15) is 0 Å². The van der Waals surface area contributed by atoms with Crippen molar-refractivity contribution >= 4 is 17.7 Å². The number of urea groups is 1. The minimum Gasteiger partial charge on any atom is -0.480 e. The van der Waals surface area contributed by atoms with Gasteiger partial charge in [-0.25, -0.2) is 31.5 Å². The largest absolute Gasteiger partial charge is 0.480 e. The third-order valence-corrected chi connectivity index (χ3v) is 2.46. The first-order valence-corrected chi connectivity index (χ1v) is 5.52. The van der Waals surface area contributed by atoms with E-state index >= 15 is 0 Å². The molecule has 0 bridgehead atoms. The Morgan fingerprint density at radius 3 is 1.81 bits per heavy atom. The molecule has 0 fully saturated rings. The minimum atomic E-state index is -2.37. The van der Waals surface area contributed by atoms with Crippen molar-refractivity contribution in [1.29, 1.82) is 0 Å². The van der Waals surface area contributed by atoms with Crippen LogP contribution >= 0.6 is 0 Å². The van der Waals surface area contributed by atoms with E-state index in [1.165, 1.54) is 12.2 Å². The summed E-state index contributed by atoms with van der Waals surface area (Å²) in [6.07, 6.45) is -0.0557. The zero-order chi connectivity index (χ0) is 16.3. The van der Waals surface area contributed by atoms with Gasteiger partial charge in [0, 0.05) is 0 Å². The number of carbonyl (C=O) groups excluding carboxylic acids is 1. The molecule has 21 heavy (non-hydrogen) atoms. The summed E-state index contributed by atoms with van der Waals surface area (Å²) >= 11 is 0. The van der Waals surface area contributed by atoms with Gasteiger partial charge in [0.25, 0.3) is 0 Å². The van der Waals surface area contributed by atoms with Crippen molar-refractivity contribution in [1.82, 2.24) is 5.32 Å². The number of benzene rings is 1. The van der Waals surface area contributed by atoms with Gasteiger partial charge >= 0.3 is 12.0 Å². The Kier molecular flexibility index (Phi) is 5.06. The van der Waals surface area contributed by atoms with Crippen LogP contribution in [-0.2, 0) is 4.79 Å². The van der Waals surface area contributed by atoms with E-state index in [9.17, 15) is 31.5 Å². The molecule has 0 saturated heterocycles. The fourth-order valence-electron chi connectivity index (χ4n) is 1.36. The number of nitrogens with one attached hydrogen (secondary N) is 2. The predicted molar refractivity (Wildman–Crippen MR) is 60.1 cm³/mol. The van der Waals surface area contributed by atoms with E-state index in [-0.39, 0.29) is 6.42 Å². The van der Waals surface area contributed by atoms with Crippen molar-refractivity contribution in [2.75, 3.05) is 5.32 Å². The number of aliphatic carboxylic acids is 1. The lowest BCUT2D eigenvalue weighted by Crippen LogP contribution is -2.42. The van der Waals surface area contributed by atoms with Crippen molar-refractivity contribution in [3.8, 4) is 0 Å². The maximum Gasteiger partial charge on any atom is 0.326 e. The number of anilines is 1. The van der Waals surface area contributed by atoms with Gasteiger partial charge in [0.1, 0.15) is 11.7 Å². The van der Waals surface area contributed by atoms with Crippen LogP contribution < -0.4 is 10.6 Å². The molecule has 0 aromatic heterocycles. The number of carbonyl (C=O) groups is 2. The van der Waals surface area contributed by atoms with Gasteiger partial charge in [-0.15, -0.1) is 0 Å². The Balaban J connectivity index is 3.04. The van der Waals surface area contributed by atoms with Crippen molar-refractivity contribution < 1.29 is 36.6 Å². The number of carboxylic acids is 1. The summed E-state index contributed by atoms with van der Waals surface area (Å²) in [5.41, 5.74) is -1.57. The second-order valence-corrected chi connectivity index (χ2v) is 3.84. The molecule has 3 N–H and O–H groups in total. The number of rotatable bonds is 4. The molecular formula is C11H9F5N2O3. The molecule has 1 unspecified atom stereocenters. The van der Waals surface area contributed by atoms with E-state index in [1.54, 1.807) is 5.32 Å². The highest BCUT2D eigenvalue weighted by atomic mass is 19.2. The van der Waals surface area contributed by atoms with E-state index in [1.807, 2.05) is 0 Å². The molecule has 10 heteroatoms. The molecule has 0 aliphatic rings. The van der Waals surface area contributed by atoms with Gasteiger partial charge in [0.15, 0.2) is 23.3 Å². The zero-order valence-electron chi connectivity index (χ0n) is 10.4. The standard InChI is InChI=1S/C11H9F5N2O3/c1-2-3(10(19)20)17-11(21)18-9-7(15)5(13)4(12)6(14)8(9)16/h3H,2H2,1H3,(H,19,20)(H2,17,18,21). The van der Waals surface area contributed by atoms with E-state index in [0.717, 1.165) is 0 Å². The molecule has 0 spiro atoms. The molecule has 1 aromatic carbocycles. The summed E-state index contributed by atoms with van der Waals surface area (Å²) in [4.78, 5) is 22.0. The lowest BCUT2D eigenvalue weighted by atomic mass is 10.2. The number of amides is 2. The fourth-order valence-corrected chi connectivity index (χ4v) is 1.36. The SMILES string of the molecule is CCC(NC(=O)Nc1c(F)c(F)c(F)c(F)c1F)C(=O)O. The van der Waals surface area contributed by atoms with E-state index < -0.39 is 52.8 Å². The number of halogens is 5. The zero-order valence-corrected chi connectivity index (χ0v) is 10.4. The molecule has 0 aliphatic carbocycles. The molecule has 0 aliphatic heterocycles. The van der Waals surface area contributed by atoms with E-state index in [4.69, 9.17) is 5.11 Å². The highest BCUT2D eigenvalue weighted by Gasteiger charge is 2.27. The van der Waals surface area contributed by atoms with Crippen LogP contribution in [-0.4, -0.2) is 23.1 Å². The minimum absolute atomic E-state index is 0.0557. The summed E-state index contributed by atoms with van der Waals surface area (Å²) in [5, 5.41) is 11.9. The first kappa shape index (κ1) is 16.7. The first-order chi connectivity index (χ1) is 9.70. The van der Waals surface area contributed by atoms with Crippen molar-refractivity contribution in [3.05, 3.63) is 29.1 Å². The van der Waals surface area contributed by atoms with Crippen LogP contribution in [0, 0.1) is 29.1 Å². The lowest BCUT2D eigenvalue weighted by Gasteiger charge is -2.14. The second kappa shape index (κ2) is 6.37. The maximum absolute atomic E-state index is 13.3. The number of carboxylic acid groups (broad SMARTS) is 1. The van der Waals surface area contributed by atoms with Crippen molar-refractivity contribution in [3.63, 3.8) is 0 Å².